The predicted octanol–water partition coefficient (Wildman–Crippen LogP) is 2.58. The Bertz CT molecular complexity index is 306. The van der Waals surface area contributed by atoms with Crippen molar-refractivity contribution in [3.8, 4) is 0 Å². The van der Waals surface area contributed by atoms with Gasteiger partial charge in [0, 0.05) is 19.4 Å². The van der Waals surface area contributed by atoms with Crippen molar-refractivity contribution < 1.29 is 24.0 Å². The van der Waals surface area contributed by atoms with Crippen LogP contribution < -0.4 is 0 Å². The molecule has 0 aromatic carbocycles. The van der Waals surface area contributed by atoms with Crippen LogP contribution in [0.4, 0.5) is 0 Å². The molecule has 0 amide bonds. The zero-order valence-corrected chi connectivity index (χ0v) is 11.9. The maximum absolute atomic E-state index is 11.5. The number of hydrogen-bond acceptors (Lipinski definition) is 5. The second kappa shape index (κ2) is 6.68. The first-order valence-corrected chi connectivity index (χ1v) is 7.25. The summed E-state index contributed by atoms with van der Waals surface area (Å²) >= 11 is 0. The Hall–Kier alpha value is -0.650. The van der Waals surface area contributed by atoms with Gasteiger partial charge in [-0.3, -0.25) is 4.79 Å². The molecule has 0 spiro atoms. The van der Waals surface area contributed by atoms with E-state index in [0.717, 1.165) is 32.1 Å². The number of methoxy groups -OCH3 is 1. The number of ether oxygens (including phenoxy) is 2. The van der Waals surface area contributed by atoms with Crippen molar-refractivity contribution in [2.75, 3.05) is 13.7 Å². The van der Waals surface area contributed by atoms with Crippen LogP contribution in [-0.4, -0.2) is 31.6 Å². The molecule has 1 aliphatic heterocycles. The van der Waals surface area contributed by atoms with Crippen molar-refractivity contribution in [1.29, 1.82) is 0 Å². The number of hydrogen-bond donors (Lipinski definition) is 0. The fraction of sp³-hybridized carbons (Fsp3) is 0.929. The second-order valence-corrected chi connectivity index (χ2v) is 5.35. The normalized spacial score (nSPS) is 35.3. The highest BCUT2D eigenvalue weighted by Gasteiger charge is 2.46. The van der Waals surface area contributed by atoms with Gasteiger partial charge in [-0.15, -0.1) is 0 Å². The van der Waals surface area contributed by atoms with Crippen LogP contribution in [0.25, 0.3) is 0 Å². The van der Waals surface area contributed by atoms with E-state index in [1.807, 2.05) is 0 Å². The zero-order chi connectivity index (χ0) is 13.7. The molecule has 5 heteroatoms. The van der Waals surface area contributed by atoms with E-state index < -0.39 is 5.79 Å². The smallest absolute Gasteiger partial charge is 0.308 e. The Balaban J connectivity index is 1.94. The lowest BCUT2D eigenvalue weighted by molar-refractivity contribution is -0.450. The monoisotopic (exact) mass is 272 g/mol. The van der Waals surface area contributed by atoms with Gasteiger partial charge >= 0.3 is 5.97 Å². The van der Waals surface area contributed by atoms with Crippen LogP contribution in [0.5, 0.6) is 0 Å². The highest BCUT2D eigenvalue weighted by Crippen LogP contribution is 2.43. The first-order chi connectivity index (χ1) is 9.20. The molecule has 0 bridgehead atoms. The third kappa shape index (κ3) is 3.46. The minimum absolute atomic E-state index is 0.225. The van der Waals surface area contributed by atoms with E-state index in [2.05, 4.69) is 0 Å². The Kier molecular flexibility index (Phi) is 5.19. The Morgan fingerprint density at radius 3 is 2.89 bits per heavy atom. The Labute approximate surface area is 114 Å². The van der Waals surface area contributed by atoms with Crippen LogP contribution in [0.2, 0.25) is 0 Å². The van der Waals surface area contributed by atoms with Crippen LogP contribution in [0.3, 0.4) is 0 Å². The summed E-state index contributed by atoms with van der Waals surface area (Å²) in [5.74, 6) is -0.479. The zero-order valence-electron chi connectivity index (χ0n) is 11.9. The Morgan fingerprint density at radius 2 is 2.16 bits per heavy atom. The lowest BCUT2D eigenvalue weighted by Crippen LogP contribution is -2.44. The van der Waals surface area contributed by atoms with Gasteiger partial charge in [-0.05, 0) is 32.6 Å². The van der Waals surface area contributed by atoms with E-state index in [9.17, 15) is 4.79 Å². The van der Waals surface area contributed by atoms with Gasteiger partial charge in [0.1, 0.15) is 6.10 Å². The van der Waals surface area contributed by atoms with Crippen molar-refractivity contribution in [2.24, 2.45) is 5.92 Å². The van der Waals surface area contributed by atoms with Crippen molar-refractivity contribution in [3.05, 3.63) is 0 Å². The number of carbonyl (C=O) groups excluding carboxylic acids is 1. The number of rotatable bonds is 4. The maximum atomic E-state index is 11.5. The molecule has 1 saturated heterocycles. The van der Waals surface area contributed by atoms with E-state index in [1.54, 1.807) is 14.0 Å². The second-order valence-electron chi connectivity index (χ2n) is 5.35. The first kappa shape index (κ1) is 14.8. The highest BCUT2D eigenvalue weighted by molar-refractivity contribution is 5.69. The molecule has 5 nitrogen and oxygen atoms in total. The Morgan fingerprint density at radius 1 is 1.32 bits per heavy atom. The van der Waals surface area contributed by atoms with E-state index in [1.165, 1.54) is 6.42 Å². The third-order valence-corrected chi connectivity index (χ3v) is 4.16. The van der Waals surface area contributed by atoms with E-state index >= 15 is 0 Å². The SMILES string of the molecule is CCOC(=O)C[C@@H]1CC[C@H]2CCCC[C@@]2(OC)OO1. The van der Waals surface area contributed by atoms with Crippen molar-refractivity contribution in [3.63, 3.8) is 0 Å². The minimum Gasteiger partial charge on any atom is -0.466 e. The molecule has 1 heterocycles. The molecular formula is C14H24O5. The molecule has 2 rings (SSSR count). The number of fused-ring (bicyclic) bond motifs is 1. The van der Waals surface area contributed by atoms with Crippen LogP contribution in [-0.2, 0) is 24.0 Å². The molecule has 0 aromatic rings. The van der Waals surface area contributed by atoms with Gasteiger partial charge in [-0.2, -0.15) is 0 Å². The number of carbonyl (C=O) groups is 1. The molecular weight excluding hydrogens is 248 g/mol. The molecule has 0 N–H and O–H groups in total. The molecule has 2 aliphatic rings. The van der Waals surface area contributed by atoms with Gasteiger partial charge in [-0.25, -0.2) is 9.78 Å². The van der Waals surface area contributed by atoms with Gasteiger partial charge in [0.05, 0.1) is 13.0 Å². The number of esters is 1. The van der Waals surface area contributed by atoms with Gasteiger partial charge in [0.25, 0.3) is 0 Å². The van der Waals surface area contributed by atoms with Crippen molar-refractivity contribution >= 4 is 5.97 Å². The van der Waals surface area contributed by atoms with Gasteiger partial charge < -0.3 is 9.47 Å². The lowest BCUT2D eigenvalue weighted by Gasteiger charge is -2.39. The molecule has 2 fully saturated rings. The third-order valence-electron chi connectivity index (χ3n) is 4.16. The van der Waals surface area contributed by atoms with Crippen LogP contribution in [0.15, 0.2) is 0 Å². The summed E-state index contributed by atoms with van der Waals surface area (Å²) in [6.07, 6.45) is 6.07. The predicted molar refractivity (Wildman–Crippen MR) is 68.1 cm³/mol. The lowest BCUT2D eigenvalue weighted by atomic mass is 9.80. The summed E-state index contributed by atoms with van der Waals surface area (Å²) in [7, 11) is 1.67. The largest absolute Gasteiger partial charge is 0.466 e. The quantitative estimate of drug-likeness (QED) is 0.581. The summed E-state index contributed by atoms with van der Waals surface area (Å²) in [6, 6.07) is 0. The summed E-state index contributed by atoms with van der Waals surface area (Å²) in [4.78, 5) is 22.6. The molecule has 1 aliphatic carbocycles. The first-order valence-electron chi connectivity index (χ1n) is 7.25. The van der Waals surface area contributed by atoms with E-state index in [-0.39, 0.29) is 18.5 Å². The topological polar surface area (TPSA) is 54.0 Å². The summed E-state index contributed by atoms with van der Waals surface area (Å²) in [5.41, 5.74) is 0. The summed E-state index contributed by atoms with van der Waals surface area (Å²) in [5, 5.41) is 0. The average Bonchev–Trinajstić information content (AvgIpc) is 2.60. The van der Waals surface area contributed by atoms with E-state index in [4.69, 9.17) is 19.2 Å². The van der Waals surface area contributed by atoms with Gasteiger partial charge in [0.15, 0.2) is 0 Å². The van der Waals surface area contributed by atoms with Crippen LogP contribution in [0.1, 0.15) is 51.9 Å². The standard InChI is InChI=1S/C14H24O5/c1-3-17-13(15)10-12-8-7-11-6-4-5-9-14(11,16-2)19-18-12/h11-12H,3-10H2,1-2H3/t11-,12+,14-/m1/s1. The maximum Gasteiger partial charge on any atom is 0.308 e. The molecule has 3 atom stereocenters. The fourth-order valence-electron chi connectivity index (χ4n) is 3.09. The fourth-order valence-corrected chi connectivity index (χ4v) is 3.09. The van der Waals surface area contributed by atoms with Gasteiger partial charge in [0.2, 0.25) is 5.79 Å². The molecule has 0 aromatic heterocycles. The molecule has 0 unspecified atom stereocenters. The van der Waals surface area contributed by atoms with Crippen LogP contribution >= 0.6 is 0 Å². The highest BCUT2D eigenvalue weighted by atomic mass is 17.2. The minimum atomic E-state index is -0.609. The molecule has 19 heavy (non-hydrogen) atoms. The summed E-state index contributed by atoms with van der Waals surface area (Å²) < 4.78 is 10.5. The molecule has 0 radical (unpaired) electrons. The van der Waals surface area contributed by atoms with E-state index in [0.29, 0.717) is 12.5 Å². The molecule has 1 saturated carbocycles. The molecule has 110 valence electrons. The van der Waals surface area contributed by atoms with Crippen molar-refractivity contribution in [2.45, 2.75) is 63.8 Å². The summed E-state index contributed by atoms with van der Waals surface area (Å²) in [6.45, 7) is 2.20. The van der Waals surface area contributed by atoms with Crippen molar-refractivity contribution in [1.82, 2.24) is 0 Å². The average molecular weight is 272 g/mol. The van der Waals surface area contributed by atoms with Gasteiger partial charge in [-0.1, -0.05) is 6.42 Å². The van der Waals surface area contributed by atoms with Crippen LogP contribution in [0, 0.1) is 5.92 Å².